The largest absolute Gasteiger partial charge is 0.369 e. The van der Waals surface area contributed by atoms with Crippen LogP contribution in [0.4, 0.5) is 17.3 Å². The van der Waals surface area contributed by atoms with Crippen LogP contribution in [0.1, 0.15) is 49.0 Å². The summed E-state index contributed by atoms with van der Waals surface area (Å²) in [5, 5.41) is 6.49. The van der Waals surface area contributed by atoms with E-state index >= 15 is 0 Å². The highest BCUT2D eigenvalue weighted by atomic mass is 16.2. The summed E-state index contributed by atoms with van der Waals surface area (Å²) in [7, 11) is 2.16. The molecule has 1 aliphatic heterocycles. The van der Waals surface area contributed by atoms with Gasteiger partial charge in [0.05, 0.1) is 5.39 Å². The minimum atomic E-state index is -0.339. The number of anilines is 3. The van der Waals surface area contributed by atoms with Crippen molar-refractivity contribution in [2.75, 3.05) is 50.0 Å². The summed E-state index contributed by atoms with van der Waals surface area (Å²) >= 11 is 0. The lowest BCUT2D eigenvalue weighted by Gasteiger charge is -2.34. The topological polar surface area (TPSA) is 95.4 Å². The smallest absolute Gasteiger partial charge is 0.256 e. The zero-order valence-electron chi connectivity index (χ0n) is 21.6. The summed E-state index contributed by atoms with van der Waals surface area (Å²) < 4.78 is 2.09. The molecule has 3 fully saturated rings. The van der Waals surface area contributed by atoms with Crippen LogP contribution in [0.5, 0.6) is 0 Å². The van der Waals surface area contributed by atoms with E-state index in [1.807, 2.05) is 19.1 Å². The van der Waals surface area contributed by atoms with E-state index in [1.54, 1.807) is 12.4 Å². The quantitative estimate of drug-likeness (QED) is 0.535. The minimum absolute atomic E-state index is 0.168. The number of piperazine rings is 1. The fraction of sp³-hybridized carbons (Fsp3) is 0.500. The van der Waals surface area contributed by atoms with Gasteiger partial charge in [0, 0.05) is 62.5 Å². The number of carbonyl (C=O) groups excluding carboxylic acids is 1. The zero-order chi connectivity index (χ0) is 25.5. The Labute approximate surface area is 216 Å². The Bertz CT molecular complexity index is 1360. The number of hydrogen-bond donors (Lipinski definition) is 2. The number of nitrogens with one attached hydrogen (secondary N) is 2. The van der Waals surface area contributed by atoms with Gasteiger partial charge in [-0.05, 0) is 69.3 Å². The molecule has 1 aromatic carbocycles. The Hall–Kier alpha value is -3.46. The van der Waals surface area contributed by atoms with E-state index in [2.05, 4.69) is 49.2 Å². The van der Waals surface area contributed by atoms with Crippen molar-refractivity contribution < 1.29 is 4.79 Å². The molecule has 2 N–H and O–H groups in total. The van der Waals surface area contributed by atoms with Crippen molar-refractivity contribution in [2.45, 2.75) is 38.6 Å². The maximum atomic E-state index is 13.3. The monoisotopic (exact) mass is 501 g/mol. The Balaban J connectivity index is 1.32. The lowest BCUT2D eigenvalue weighted by Crippen LogP contribution is -2.44. The standard InChI is InChI=1S/C28H35N7O2/c1-3-29-27(37)23-17-35(24-15-18-4-5-19(24)14-18)26-22(25(23)36)16-30-28(32-26)31-20-6-8-21(9-7-20)34-12-10-33(2)11-13-34/h6-9,16-19,24H,3-5,10-15H2,1-2H3,(H,29,37)(H,30,31,32). The highest BCUT2D eigenvalue weighted by Crippen LogP contribution is 2.51. The van der Waals surface area contributed by atoms with Crippen molar-refractivity contribution in [3.05, 3.63) is 52.4 Å². The number of fused-ring (bicyclic) bond motifs is 3. The molecular weight excluding hydrogens is 466 g/mol. The molecule has 9 heteroatoms. The molecule has 0 radical (unpaired) electrons. The van der Waals surface area contributed by atoms with E-state index in [-0.39, 0.29) is 22.9 Å². The molecule has 2 aromatic heterocycles. The van der Waals surface area contributed by atoms with Crippen LogP contribution >= 0.6 is 0 Å². The third-order valence-electron chi connectivity index (χ3n) is 8.40. The number of hydrogen-bond acceptors (Lipinski definition) is 7. The van der Waals surface area contributed by atoms with Gasteiger partial charge in [-0.3, -0.25) is 9.59 Å². The first-order chi connectivity index (χ1) is 18.0. The molecule has 37 heavy (non-hydrogen) atoms. The zero-order valence-corrected chi connectivity index (χ0v) is 21.6. The predicted molar refractivity (Wildman–Crippen MR) is 146 cm³/mol. The third-order valence-corrected chi connectivity index (χ3v) is 8.40. The van der Waals surface area contributed by atoms with Crippen molar-refractivity contribution >= 4 is 34.3 Å². The molecule has 3 aliphatic rings. The van der Waals surface area contributed by atoms with Crippen LogP contribution < -0.4 is 21.0 Å². The van der Waals surface area contributed by atoms with Crippen molar-refractivity contribution in [2.24, 2.45) is 11.8 Å². The number of pyridine rings is 1. The first kappa shape index (κ1) is 23.9. The van der Waals surface area contributed by atoms with Crippen LogP contribution in [-0.2, 0) is 0 Å². The maximum absolute atomic E-state index is 13.3. The Kier molecular flexibility index (Phi) is 6.32. The fourth-order valence-electron chi connectivity index (χ4n) is 6.37. The van der Waals surface area contributed by atoms with E-state index in [9.17, 15) is 9.59 Å². The van der Waals surface area contributed by atoms with E-state index in [0.29, 0.717) is 29.4 Å². The van der Waals surface area contributed by atoms with Crippen molar-refractivity contribution in [1.82, 2.24) is 24.8 Å². The van der Waals surface area contributed by atoms with Gasteiger partial charge in [0.1, 0.15) is 11.2 Å². The molecule has 1 saturated heterocycles. The van der Waals surface area contributed by atoms with E-state index < -0.39 is 0 Å². The SMILES string of the molecule is CCNC(=O)c1cn(C2CC3CCC2C3)c2nc(Nc3ccc(N4CCN(C)CC4)cc3)ncc2c1=O. The highest BCUT2D eigenvalue weighted by Gasteiger charge is 2.41. The van der Waals surface area contributed by atoms with Crippen LogP contribution in [0, 0.1) is 11.8 Å². The molecule has 0 spiro atoms. The molecule has 1 amide bonds. The number of nitrogens with zero attached hydrogens (tertiary/aromatic N) is 5. The van der Waals surface area contributed by atoms with Crippen LogP contribution in [0.25, 0.3) is 11.0 Å². The Morgan fingerprint density at radius 2 is 1.86 bits per heavy atom. The van der Waals surface area contributed by atoms with Gasteiger partial charge in [0.15, 0.2) is 0 Å². The maximum Gasteiger partial charge on any atom is 0.256 e. The molecule has 3 aromatic rings. The summed E-state index contributed by atoms with van der Waals surface area (Å²) in [6, 6.07) is 8.59. The molecule has 3 heterocycles. The number of rotatable bonds is 6. The lowest BCUT2D eigenvalue weighted by atomic mass is 9.94. The molecule has 2 saturated carbocycles. The average Bonchev–Trinajstić information content (AvgIpc) is 3.54. The number of aromatic nitrogens is 3. The fourth-order valence-corrected chi connectivity index (χ4v) is 6.37. The summed E-state index contributed by atoms with van der Waals surface area (Å²) in [6.45, 7) is 6.50. The van der Waals surface area contributed by atoms with E-state index in [4.69, 9.17) is 4.98 Å². The lowest BCUT2D eigenvalue weighted by molar-refractivity contribution is 0.0954. The average molecular weight is 502 g/mol. The van der Waals surface area contributed by atoms with Gasteiger partial charge in [-0.15, -0.1) is 0 Å². The second-order valence-electron chi connectivity index (χ2n) is 10.8. The number of benzene rings is 1. The Morgan fingerprint density at radius 3 is 2.54 bits per heavy atom. The number of carbonyl (C=O) groups is 1. The van der Waals surface area contributed by atoms with Crippen LogP contribution in [0.3, 0.4) is 0 Å². The molecule has 194 valence electrons. The molecule has 2 bridgehead atoms. The predicted octanol–water partition coefficient (Wildman–Crippen LogP) is 3.40. The molecule has 3 atom stereocenters. The summed E-state index contributed by atoms with van der Waals surface area (Å²) in [5.74, 6) is 1.39. The van der Waals surface area contributed by atoms with E-state index in [1.165, 1.54) is 24.9 Å². The number of likely N-dealkylation sites (N-methyl/N-ethyl adjacent to an activating group) is 1. The van der Waals surface area contributed by atoms with Gasteiger partial charge in [-0.25, -0.2) is 4.98 Å². The molecular formula is C28H35N7O2. The van der Waals surface area contributed by atoms with Crippen molar-refractivity contribution in [3.8, 4) is 0 Å². The van der Waals surface area contributed by atoms with Gasteiger partial charge < -0.3 is 25.0 Å². The summed E-state index contributed by atoms with van der Waals surface area (Å²) in [4.78, 5) is 40.0. The molecule has 9 nitrogen and oxygen atoms in total. The Morgan fingerprint density at radius 1 is 1.08 bits per heavy atom. The van der Waals surface area contributed by atoms with Gasteiger partial charge >= 0.3 is 0 Å². The van der Waals surface area contributed by atoms with Gasteiger partial charge in [-0.2, -0.15) is 4.98 Å². The normalized spacial score (nSPS) is 23.5. The number of amides is 1. The summed E-state index contributed by atoms with van der Waals surface area (Å²) in [5.41, 5.74) is 2.55. The highest BCUT2D eigenvalue weighted by molar-refractivity contribution is 5.96. The molecule has 3 unspecified atom stereocenters. The first-order valence-corrected chi connectivity index (χ1v) is 13.5. The molecule has 6 rings (SSSR count). The first-order valence-electron chi connectivity index (χ1n) is 13.5. The van der Waals surface area contributed by atoms with Crippen molar-refractivity contribution in [1.29, 1.82) is 0 Å². The molecule has 2 aliphatic carbocycles. The van der Waals surface area contributed by atoms with E-state index in [0.717, 1.165) is 44.2 Å². The summed E-state index contributed by atoms with van der Waals surface area (Å²) in [6.07, 6.45) is 8.05. The van der Waals surface area contributed by atoms with Crippen LogP contribution in [0.2, 0.25) is 0 Å². The van der Waals surface area contributed by atoms with Crippen LogP contribution in [0.15, 0.2) is 41.5 Å². The minimum Gasteiger partial charge on any atom is -0.369 e. The second-order valence-corrected chi connectivity index (χ2v) is 10.8. The third kappa shape index (κ3) is 4.56. The van der Waals surface area contributed by atoms with Gasteiger partial charge in [0.25, 0.3) is 5.91 Å². The van der Waals surface area contributed by atoms with Crippen LogP contribution in [-0.4, -0.2) is 65.1 Å². The second kappa shape index (κ2) is 9.78. The van der Waals surface area contributed by atoms with Gasteiger partial charge in [0.2, 0.25) is 11.4 Å². The van der Waals surface area contributed by atoms with Gasteiger partial charge in [-0.1, -0.05) is 6.42 Å². The van der Waals surface area contributed by atoms with Crippen molar-refractivity contribution in [3.63, 3.8) is 0 Å².